The number of alkyl halides is 3. The first kappa shape index (κ1) is 13.4. The molecule has 1 aromatic carbocycles. The van der Waals surface area contributed by atoms with Crippen molar-refractivity contribution in [2.75, 3.05) is 11.4 Å². The molecule has 0 aromatic heterocycles. The molecular weight excluding hydrogens is 262 g/mol. The van der Waals surface area contributed by atoms with Crippen LogP contribution in [0.15, 0.2) is 18.2 Å². The van der Waals surface area contributed by atoms with Gasteiger partial charge in [0.1, 0.15) is 5.82 Å². The molecule has 0 spiro atoms. The lowest BCUT2D eigenvalue weighted by Gasteiger charge is -2.18. The van der Waals surface area contributed by atoms with Gasteiger partial charge in [0, 0.05) is 18.9 Å². The van der Waals surface area contributed by atoms with Crippen LogP contribution in [-0.2, 0) is 11.0 Å². The molecule has 0 bridgehead atoms. The smallest absolute Gasteiger partial charge is 0.308 e. The summed E-state index contributed by atoms with van der Waals surface area (Å²) in [5.41, 5.74) is -1.26. The Bertz CT molecular complexity index is 559. The van der Waals surface area contributed by atoms with E-state index in [0.717, 1.165) is 17.0 Å². The highest BCUT2D eigenvalue weighted by Gasteiger charge is 2.34. The number of anilines is 1. The van der Waals surface area contributed by atoms with Gasteiger partial charge in [0.25, 0.3) is 0 Å². The Morgan fingerprint density at radius 2 is 2.05 bits per heavy atom. The molecule has 1 aliphatic rings. The van der Waals surface area contributed by atoms with Crippen LogP contribution in [0.4, 0.5) is 23.2 Å². The maximum absolute atomic E-state index is 13.7. The molecule has 2 rings (SSSR count). The third-order valence-electron chi connectivity index (χ3n) is 2.93. The van der Waals surface area contributed by atoms with Gasteiger partial charge in [-0.3, -0.25) is 4.79 Å². The van der Waals surface area contributed by atoms with Gasteiger partial charge >= 0.3 is 6.18 Å². The van der Waals surface area contributed by atoms with Gasteiger partial charge in [-0.05, 0) is 18.2 Å². The van der Waals surface area contributed by atoms with E-state index in [2.05, 4.69) is 5.92 Å². The van der Waals surface area contributed by atoms with Crippen LogP contribution >= 0.6 is 0 Å². The number of hydrogen-bond acceptors (Lipinski definition) is 1. The van der Waals surface area contributed by atoms with Crippen LogP contribution in [0.1, 0.15) is 12.0 Å². The zero-order valence-corrected chi connectivity index (χ0v) is 9.67. The zero-order chi connectivity index (χ0) is 14.2. The fraction of sp³-hybridized carbons (Fsp3) is 0.308. The van der Waals surface area contributed by atoms with Crippen molar-refractivity contribution >= 4 is 11.6 Å². The van der Waals surface area contributed by atoms with E-state index in [1.54, 1.807) is 0 Å². The maximum Gasteiger partial charge on any atom is 0.416 e. The van der Waals surface area contributed by atoms with Crippen LogP contribution in [0.25, 0.3) is 0 Å². The molecule has 1 saturated heterocycles. The molecule has 1 aliphatic heterocycles. The summed E-state index contributed by atoms with van der Waals surface area (Å²) in [6.45, 7) is 0.123. The SMILES string of the molecule is C#CC1CC(=O)N(c2ccc(C(F)(F)F)cc2F)C1. The minimum Gasteiger partial charge on any atom is -0.308 e. The van der Waals surface area contributed by atoms with Crippen molar-refractivity contribution in [2.45, 2.75) is 12.6 Å². The Balaban J connectivity index is 2.33. The number of rotatable bonds is 1. The van der Waals surface area contributed by atoms with Crippen LogP contribution in [0.3, 0.4) is 0 Å². The highest BCUT2D eigenvalue weighted by Crippen LogP contribution is 2.33. The predicted octanol–water partition coefficient (Wildman–Crippen LogP) is 2.83. The highest BCUT2D eigenvalue weighted by atomic mass is 19.4. The molecule has 0 aliphatic carbocycles. The van der Waals surface area contributed by atoms with Gasteiger partial charge in [-0.1, -0.05) is 0 Å². The van der Waals surface area contributed by atoms with Gasteiger partial charge in [-0.15, -0.1) is 12.3 Å². The Hall–Kier alpha value is -2.03. The number of halogens is 4. The van der Waals surface area contributed by atoms with Gasteiger partial charge in [0.2, 0.25) is 5.91 Å². The van der Waals surface area contributed by atoms with Crippen molar-refractivity contribution in [1.29, 1.82) is 0 Å². The van der Waals surface area contributed by atoms with Crippen LogP contribution in [-0.4, -0.2) is 12.5 Å². The van der Waals surface area contributed by atoms with E-state index in [0.29, 0.717) is 6.07 Å². The number of carbonyl (C=O) groups is 1. The summed E-state index contributed by atoms with van der Waals surface area (Å²) in [4.78, 5) is 12.7. The molecule has 0 saturated carbocycles. The Morgan fingerprint density at radius 3 is 2.53 bits per heavy atom. The van der Waals surface area contributed by atoms with E-state index in [1.807, 2.05) is 0 Å². The van der Waals surface area contributed by atoms with Crippen molar-refractivity contribution in [2.24, 2.45) is 5.92 Å². The van der Waals surface area contributed by atoms with E-state index in [-0.39, 0.29) is 30.5 Å². The molecular formula is C13H9F4NO. The van der Waals surface area contributed by atoms with Crippen molar-refractivity contribution in [3.63, 3.8) is 0 Å². The lowest BCUT2D eigenvalue weighted by molar-refractivity contribution is -0.137. The van der Waals surface area contributed by atoms with Gasteiger partial charge in [0.15, 0.2) is 0 Å². The predicted molar refractivity (Wildman–Crippen MR) is 60.7 cm³/mol. The molecule has 100 valence electrons. The Kier molecular flexibility index (Phi) is 3.23. The fourth-order valence-electron chi connectivity index (χ4n) is 1.95. The molecule has 0 radical (unpaired) electrons. The van der Waals surface area contributed by atoms with Gasteiger partial charge in [-0.2, -0.15) is 13.2 Å². The summed E-state index contributed by atoms with van der Waals surface area (Å²) in [6.07, 6.45) is 0.649. The molecule has 1 aromatic rings. The fourth-order valence-corrected chi connectivity index (χ4v) is 1.95. The van der Waals surface area contributed by atoms with Gasteiger partial charge in [-0.25, -0.2) is 4.39 Å². The lowest BCUT2D eigenvalue weighted by atomic mass is 10.1. The quantitative estimate of drug-likeness (QED) is 0.568. The molecule has 1 atom stereocenters. The first-order chi connectivity index (χ1) is 8.82. The molecule has 1 heterocycles. The first-order valence-electron chi connectivity index (χ1n) is 5.46. The minimum absolute atomic E-state index is 0.0803. The summed E-state index contributed by atoms with van der Waals surface area (Å²) in [6, 6.07) is 2.08. The van der Waals surface area contributed by atoms with E-state index in [1.165, 1.54) is 0 Å². The van der Waals surface area contributed by atoms with Gasteiger partial charge in [0.05, 0.1) is 11.3 Å². The van der Waals surface area contributed by atoms with E-state index in [4.69, 9.17) is 6.42 Å². The van der Waals surface area contributed by atoms with Crippen LogP contribution in [0, 0.1) is 24.1 Å². The number of benzene rings is 1. The monoisotopic (exact) mass is 271 g/mol. The van der Waals surface area contributed by atoms with Crippen LogP contribution in [0.2, 0.25) is 0 Å². The first-order valence-corrected chi connectivity index (χ1v) is 5.46. The van der Waals surface area contributed by atoms with Crippen LogP contribution in [0.5, 0.6) is 0 Å². The van der Waals surface area contributed by atoms with Crippen molar-refractivity contribution in [3.05, 3.63) is 29.6 Å². The maximum atomic E-state index is 13.7. The Morgan fingerprint density at radius 1 is 1.37 bits per heavy atom. The summed E-state index contributed by atoms with van der Waals surface area (Å²) < 4.78 is 50.9. The molecule has 6 heteroatoms. The second-order valence-corrected chi connectivity index (χ2v) is 4.24. The topological polar surface area (TPSA) is 20.3 Å². The van der Waals surface area contributed by atoms with E-state index < -0.39 is 17.6 Å². The van der Waals surface area contributed by atoms with Crippen molar-refractivity contribution in [1.82, 2.24) is 0 Å². The van der Waals surface area contributed by atoms with Gasteiger partial charge < -0.3 is 4.90 Å². The normalized spacial score (nSPS) is 19.6. The molecule has 19 heavy (non-hydrogen) atoms. The average molecular weight is 271 g/mol. The Labute approximate surface area is 107 Å². The molecule has 1 amide bonds. The molecule has 2 nitrogen and oxygen atoms in total. The van der Waals surface area contributed by atoms with Crippen molar-refractivity contribution < 1.29 is 22.4 Å². The third-order valence-corrected chi connectivity index (χ3v) is 2.93. The standard InChI is InChI=1S/C13H9F4NO/c1-2-8-5-12(19)18(7-8)11-4-3-9(6-10(11)14)13(15,16)17/h1,3-4,6,8H,5,7H2. The number of nitrogens with zero attached hydrogens (tertiary/aromatic N) is 1. The number of amides is 1. The number of hydrogen-bond donors (Lipinski definition) is 0. The molecule has 1 fully saturated rings. The summed E-state index contributed by atoms with van der Waals surface area (Å²) in [5, 5.41) is 0. The second-order valence-electron chi connectivity index (χ2n) is 4.24. The summed E-state index contributed by atoms with van der Waals surface area (Å²) >= 11 is 0. The van der Waals surface area contributed by atoms with E-state index in [9.17, 15) is 22.4 Å². The largest absolute Gasteiger partial charge is 0.416 e. The molecule has 0 N–H and O–H groups in total. The third kappa shape index (κ3) is 2.55. The van der Waals surface area contributed by atoms with Crippen molar-refractivity contribution in [3.8, 4) is 12.3 Å². The van der Waals surface area contributed by atoms with E-state index >= 15 is 0 Å². The minimum atomic E-state index is -4.62. The lowest BCUT2D eigenvalue weighted by Crippen LogP contribution is -2.25. The average Bonchev–Trinajstić information content (AvgIpc) is 2.69. The summed E-state index contributed by atoms with van der Waals surface area (Å²) in [5.74, 6) is 0.576. The zero-order valence-electron chi connectivity index (χ0n) is 9.67. The van der Waals surface area contributed by atoms with Crippen LogP contribution < -0.4 is 4.90 Å². The second kappa shape index (κ2) is 4.57. The number of carbonyl (C=O) groups excluding carboxylic acids is 1. The molecule has 1 unspecified atom stereocenters. The number of terminal acetylenes is 1. The highest BCUT2D eigenvalue weighted by molar-refractivity contribution is 5.96. The summed E-state index contributed by atoms with van der Waals surface area (Å²) in [7, 11) is 0.